The van der Waals surface area contributed by atoms with Gasteiger partial charge in [0.25, 0.3) is 0 Å². The van der Waals surface area contributed by atoms with E-state index in [1.165, 1.54) is 0 Å². The Bertz CT molecular complexity index is 831. The summed E-state index contributed by atoms with van der Waals surface area (Å²) >= 11 is 0. The first-order valence-electron chi connectivity index (χ1n) is 8.06. The molecular formula is C17H22N4O3. The van der Waals surface area contributed by atoms with Gasteiger partial charge in [0.1, 0.15) is 17.9 Å². The lowest BCUT2D eigenvalue weighted by molar-refractivity contribution is 0.0845. The molecule has 0 radical (unpaired) electrons. The summed E-state index contributed by atoms with van der Waals surface area (Å²) in [5.74, 6) is 1.21. The lowest BCUT2D eigenvalue weighted by Crippen LogP contribution is -2.12. The zero-order valence-corrected chi connectivity index (χ0v) is 13.7. The topological polar surface area (TPSA) is 95.4 Å². The predicted octanol–water partition coefficient (Wildman–Crippen LogP) is 1.71. The van der Waals surface area contributed by atoms with E-state index in [-0.39, 0.29) is 6.61 Å². The monoisotopic (exact) mass is 330 g/mol. The van der Waals surface area contributed by atoms with Gasteiger partial charge in [0.05, 0.1) is 30.9 Å². The summed E-state index contributed by atoms with van der Waals surface area (Å²) in [4.78, 5) is 9.09. The Hall–Kier alpha value is -2.22. The van der Waals surface area contributed by atoms with E-state index >= 15 is 0 Å². The van der Waals surface area contributed by atoms with Crippen LogP contribution >= 0.6 is 0 Å². The van der Waals surface area contributed by atoms with Crippen molar-refractivity contribution in [3.05, 3.63) is 30.1 Å². The number of nitrogens with zero attached hydrogens (tertiary/aromatic N) is 3. The van der Waals surface area contributed by atoms with Gasteiger partial charge in [-0.1, -0.05) is 18.2 Å². The number of hydrogen-bond acceptors (Lipinski definition) is 6. The summed E-state index contributed by atoms with van der Waals surface area (Å²) in [6.45, 7) is 4.36. The zero-order valence-electron chi connectivity index (χ0n) is 13.7. The molecule has 7 heteroatoms. The Morgan fingerprint density at radius 2 is 2.00 bits per heavy atom. The predicted molar refractivity (Wildman–Crippen MR) is 92.7 cm³/mol. The first-order chi connectivity index (χ1) is 11.8. The highest BCUT2D eigenvalue weighted by atomic mass is 16.5. The Labute approximate surface area is 140 Å². The molecule has 0 fully saturated rings. The van der Waals surface area contributed by atoms with Gasteiger partial charge in [0.2, 0.25) is 0 Å². The molecule has 128 valence electrons. The molecule has 7 nitrogen and oxygen atoms in total. The Morgan fingerprint density at radius 1 is 1.17 bits per heavy atom. The summed E-state index contributed by atoms with van der Waals surface area (Å²) in [6.07, 6.45) is 0. The molecule has 2 heterocycles. The average Bonchev–Trinajstić information content (AvgIpc) is 2.96. The fourth-order valence-corrected chi connectivity index (χ4v) is 2.77. The third-order valence-electron chi connectivity index (χ3n) is 3.82. The first kappa shape index (κ1) is 16.6. The second-order valence-corrected chi connectivity index (χ2v) is 5.36. The van der Waals surface area contributed by atoms with Gasteiger partial charge in [-0.3, -0.25) is 0 Å². The van der Waals surface area contributed by atoms with E-state index in [1.54, 1.807) is 0 Å². The summed E-state index contributed by atoms with van der Waals surface area (Å²) in [5, 5.41) is 9.85. The molecule has 3 rings (SSSR count). The fraction of sp³-hybridized carbons (Fsp3) is 0.412. The van der Waals surface area contributed by atoms with Crippen molar-refractivity contribution in [3.63, 3.8) is 0 Å². The number of ether oxygens (including phenoxy) is 2. The minimum absolute atomic E-state index is 0.0102. The largest absolute Gasteiger partial charge is 0.394 e. The van der Waals surface area contributed by atoms with Crippen molar-refractivity contribution in [2.45, 2.75) is 20.1 Å². The van der Waals surface area contributed by atoms with E-state index in [4.69, 9.17) is 20.3 Å². The number of nitrogen functional groups attached to an aromatic ring is 1. The number of aromatic nitrogens is 3. The second-order valence-electron chi connectivity index (χ2n) is 5.36. The third kappa shape index (κ3) is 3.19. The summed E-state index contributed by atoms with van der Waals surface area (Å²) in [7, 11) is 0. The van der Waals surface area contributed by atoms with Gasteiger partial charge >= 0.3 is 0 Å². The zero-order chi connectivity index (χ0) is 16.9. The smallest absolute Gasteiger partial charge is 0.152 e. The molecule has 3 N–H and O–H groups in total. The molecule has 0 spiro atoms. The van der Waals surface area contributed by atoms with Crippen LogP contribution in [0.3, 0.4) is 0 Å². The van der Waals surface area contributed by atoms with E-state index < -0.39 is 0 Å². The van der Waals surface area contributed by atoms with Crippen molar-refractivity contribution in [1.82, 2.24) is 14.5 Å². The number of benzene rings is 1. The maximum Gasteiger partial charge on any atom is 0.152 e. The van der Waals surface area contributed by atoms with Crippen molar-refractivity contribution in [3.8, 4) is 0 Å². The minimum Gasteiger partial charge on any atom is -0.394 e. The molecular weight excluding hydrogens is 308 g/mol. The molecule has 0 saturated carbocycles. The normalized spacial score (nSPS) is 11.6. The quantitative estimate of drug-likeness (QED) is 0.611. The van der Waals surface area contributed by atoms with E-state index in [9.17, 15) is 0 Å². The molecule has 0 saturated heterocycles. The number of fused-ring (bicyclic) bond motifs is 3. The number of pyridine rings is 1. The molecule has 0 unspecified atom stereocenters. The van der Waals surface area contributed by atoms with Crippen molar-refractivity contribution in [1.29, 1.82) is 0 Å². The molecule has 3 aromatic rings. The molecule has 0 aliphatic heterocycles. The Kier molecular flexibility index (Phi) is 5.24. The summed E-state index contributed by atoms with van der Waals surface area (Å²) in [6, 6.07) is 7.86. The second kappa shape index (κ2) is 7.57. The summed E-state index contributed by atoms with van der Waals surface area (Å²) < 4.78 is 13.0. The summed E-state index contributed by atoms with van der Waals surface area (Å²) in [5.41, 5.74) is 8.58. The van der Waals surface area contributed by atoms with Crippen molar-refractivity contribution < 1.29 is 14.6 Å². The molecule has 0 aliphatic rings. The molecule has 0 aliphatic carbocycles. The minimum atomic E-state index is 0.0102. The van der Waals surface area contributed by atoms with Gasteiger partial charge in [-0.2, -0.15) is 0 Å². The number of para-hydroxylation sites is 1. The number of rotatable bonds is 8. The molecule has 24 heavy (non-hydrogen) atoms. The van der Waals surface area contributed by atoms with Crippen LogP contribution in [0.2, 0.25) is 0 Å². The van der Waals surface area contributed by atoms with Crippen LogP contribution in [0.25, 0.3) is 21.9 Å². The van der Waals surface area contributed by atoms with Gasteiger partial charge < -0.3 is 24.9 Å². The van der Waals surface area contributed by atoms with Crippen molar-refractivity contribution >= 4 is 27.8 Å². The van der Waals surface area contributed by atoms with Gasteiger partial charge in [-0.25, -0.2) is 9.97 Å². The number of aliphatic hydroxyl groups excluding tert-OH is 1. The Balaban J connectivity index is 2.11. The standard InChI is InChI=1S/C17H22N4O3/c1-2-23-11-14-20-15-16(21(14)7-9-24-10-8-22)12-5-3-4-6-13(12)19-17(15)18/h3-6,22H,2,7-11H2,1H3,(H2,18,19). The van der Waals surface area contributed by atoms with Crippen LogP contribution < -0.4 is 5.73 Å². The van der Waals surface area contributed by atoms with Crippen LogP contribution in [0.15, 0.2) is 24.3 Å². The van der Waals surface area contributed by atoms with E-state index in [1.807, 2.05) is 31.2 Å². The first-order valence-corrected chi connectivity index (χ1v) is 8.06. The lowest BCUT2D eigenvalue weighted by atomic mass is 10.2. The van der Waals surface area contributed by atoms with Crippen LogP contribution in [0.5, 0.6) is 0 Å². The molecule has 0 amide bonds. The van der Waals surface area contributed by atoms with E-state index in [0.29, 0.717) is 44.3 Å². The van der Waals surface area contributed by atoms with Crippen molar-refractivity contribution in [2.75, 3.05) is 32.2 Å². The molecule has 2 aromatic heterocycles. The maximum absolute atomic E-state index is 8.85. The van der Waals surface area contributed by atoms with Crippen LogP contribution in [0.1, 0.15) is 12.7 Å². The van der Waals surface area contributed by atoms with Crippen LogP contribution in [-0.2, 0) is 22.6 Å². The molecule has 0 atom stereocenters. The number of imidazole rings is 1. The van der Waals surface area contributed by atoms with Crippen LogP contribution in [-0.4, -0.2) is 46.1 Å². The van der Waals surface area contributed by atoms with Crippen LogP contribution in [0.4, 0.5) is 5.82 Å². The molecule has 1 aromatic carbocycles. The average molecular weight is 330 g/mol. The van der Waals surface area contributed by atoms with Crippen molar-refractivity contribution in [2.24, 2.45) is 0 Å². The van der Waals surface area contributed by atoms with Gasteiger partial charge in [0, 0.05) is 18.5 Å². The number of nitrogens with two attached hydrogens (primary N) is 1. The Morgan fingerprint density at radius 3 is 2.79 bits per heavy atom. The van der Waals surface area contributed by atoms with E-state index in [2.05, 4.69) is 14.5 Å². The number of hydrogen-bond donors (Lipinski definition) is 2. The highest BCUT2D eigenvalue weighted by Crippen LogP contribution is 2.28. The number of anilines is 1. The highest BCUT2D eigenvalue weighted by molar-refractivity contribution is 6.06. The fourth-order valence-electron chi connectivity index (χ4n) is 2.77. The third-order valence-corrected chi connectivity index (χ3v) is 3.82. The highest BCUT2D eigenvalue weighted by Gasteiger charge is 2.17. The number of aliphatic hydroxyl groups is 1. The lowest BCUT2D eigenvalue weighted by Gasteiger charge is -2.11. The maximum atomic E-state index is 8.85. The van der Waals surface area contributed by atoms with Crippen LogP contribution in [0, 0.1) is 0 Å². The van der Waals surface area contributed by atoms with E-state index in [0.717, 1.165) is 22.2 Å². The van der Waals surface area contributed by atoms with Gasteiger partial charge in [0.15, 0.2) is 5.82 Å². The van der Waals surface area contributed by atoms with Gasteiger partial charge in [-0.05, 0) is 13.0 Å². The van der Waals surface area contributed by atoms with Gasteiger partial charge in [-0.15, -0.1) is 0 Å². The molecule has 0 bridgehead atoms. The SMILES string of the molecule is CCOCc1nc2c(N)nc3ccccc3c2n1CCOCCO.